The van der Waals surface area contributed by atoms with E-state index in [1.165, 1.54) is 0 Å². The molecule has 0 radical (unpaired) electrons. The second-order valence-electron chi connectivity index (χ2n) is 6.27. The van der Waals surface area contributed by atoms with Crippen molar-refractivity contribution < 1.29 is 14.6 Å². The number of aryl methyl sites for hydroxylation is 1. The van der Waals surface area contributed by atoms with Gasteiger partial charge in [0.2, 0.25) is 11.8 Å². The highest BCUT2D eigenvalue weighted by atomic mass is 16.5. The van der Waals surface area contributed by atoms with Gasteiger partial charge in [0.05, 0.1) is 31.0 Å². The molecule has 2 N–H and O–H groups in total. The largest absolute Gasteiger partial charge is 0.474 e. The Kier molecular flexibility index (Phi) is 6.03. The van der Waals surface area contributed by atoms with Crippen LogP contribution in [0.1, 0.15) is 31.1 Å². The first-order valence-corrected chi connectivity index (χ1v) is 9.05. The number of benzene rings is 1. The third kappa shape index (κ3) is 4.43. The lowest BCUT2D eigenvalue weighted by molar-refractivity contribution is -0.121. The molecule has 27 heavy (non-hydrogen) atoms. The van der Waals surface area contributed by atoms with Gasteiger partial charge < -0.3 is 15.2 Å². The number of nitrogens with one attached hydrogen (secondary N) is 1. The summed E-state index contributed by atoms with van der Waals surface area (Å²) < 4.78 is 7.38. The molecule has 0 saturated heterocycles. The van der Waals surface area contributed by atoms with Crippen LogP contribution in [0.4, 0.5) is 0 Å². The quantitative estimate of drug-likeness (QED) is 0.636. The number of carbonyl (C=O) groups is 1. The Morgan fingerprint density at radius 3 is 2.81 bits per heavy atom. The fourth-order valence-electron chi connectivity index (χ4n) is 2.99. The lowest BCUT2D eigenvalue weighted by Gasteiger charge is -2.14. The lowest BCUT2D eigenvalue weighted by Crippen LogP contribution is -2.28. The minimum atomic E-state index is -0.116. The molecule has 0 aliphatic rings. The van der Waals surface area contributed by atoms with Crippen molar-refractivity contribution in [3.8, 4) is 5.88 Å². The Balaban J connectivity index is 1.78. The summed E-state index contributed by atoms with van der Waals surface area (Å²) in [5.41, 5.74) is 2.42. The summed E-state index contributed by atoms with van der Waals surface area (Å²) in [5.74, 6) is 0.272. The van der Waals surface area contributed by atoms with Crippen molar-refractivity contribution in [2.75, 3.05) is 13.2 Å². The highest BCUT2D eigenvalue weighted by Gasteiger charge is 2.16. The van der Waals surface area contributed by atoms with E-state index in [4.69, 9.17) is 9.84 Å². The predicted octanol–water partition coefficient (Wildman–Crippen LogP) is 2.24. The number of pyridine rings is 1. The number of hydrogen-bond donors (Lipinski definition) is 2. The van der Waals surface area contributed by atoms with Gasteiger partial charge in [-0.2, -0.15) is 5.10 Å². The van der Waals surface area contributed by atoms with Crippen LogP contribution in [-0.2, 0) is 17.8 Å². The number of aromatic nitrogens is 3. The van der Waals surface area contributed by atoms with Crippen LogP contribution in [0.3, 0.4) is 0 Å². The molecule has 0 unspecified atom stereocenters. The van der Waals surface area contributed by atoms with Crippen LogP contribution in [0.15, 0.2) is 42.6 Å². The zero-order chi connectivity index (χ0) is 19.2. The molecule has 0 fully saturated rings. The minimum absolute atomic E-state index is 0.0876. The standard InChI is InChI=1S/C20H24N4O3/c1-3-24-19-16(13-21-24)11-17(23-20(19)27-10-9-25)12-18(26)22-14(2)15-7-5-4-6-8-15/h4-8,11,13-14,25H,3,9-10,12H2,1-2H3,(H,22,26)/t14-/m1/s1. The Bertz CT molecular complexity index is 908. The van der Waals surface area contributed by atoms with Crippen molar-refractivity contribution in [2.24, 2.45) is 0 Å². The van der Waals surface area contributed by atoms with Gasteiger partial charge in [-0.1, -0.05) is 30.3 Å². The minimum Gasteiger partial charge on any atom is -0.474 e. The van der Waals surface area contributed by atoms with Crippen molar-refractivity contribution in [1.29, 1.82) is 0 Å². The maximum Gasteiger partial charge on any atom is 0.240 e. The van der Waals surface area contributed by atoms with Crippen molar-refractivity contribution in [1.82, 2.24) is 20.1 Å². The smallest absolute Gasteiger partial charge is 0.240 e. The molecular formula is C20H24N4O3. The Morgan fingerprint density at radius 2 is 2.11 bits per heavy atom. The van der Waals surface area contributed by atoms with Gasteiger partial charge in [0.15, 0.2) is 0 Å². The Labute approximate surface area is 158 Å². The van der Waals surface area contributed by atoms with Crippen LogP contribution in [-0.4, -0.2) is 39.0 Å². The molecule has 3 aromatic rings. The van der Waals surface area contributed by atoms with Crippen molar-refractivity contribution in [3.63, 3.8) is 0 Å². The fraction of sp³-hybridized carbons (Fsp3) is 0.350. The molecule has 0 spiro atoms. The van der Waals surface area contributed by atoms with Gasteiger partial charge in [-0.3, -0.25) is 9.48 Å². The molecule has 1 atom stereocenters. The van der Waals surface area contributed by atoms with Gasteiger partial charge in [0.1, 0.15) is 12.1 Å². The van der Waals surface area contributed by atoms with Crippen LogP contribution in [0, 0.1) is 0 Å². The number of ether oxygens (including phenoxy) is 1. The molecule has 0 saturated carbocycles. The summed E-state index contributed by atoms with van der Waals surface area (Å²) in [5, 5.41) is 17.2. The number of rotatable bonds is 8. The maximum absolute atomic E-state index is 12.5. The molecule has 1 amide bonds. The van der Waals surface area contributed by atoms with E-state index in [1.54, 1.807) is 10.9 Å². The topological polar surface area (TPSA) is 89.3 Å². The molecule has 0 aliphatic carbocycles. The molecule has 142 valence electrons. The molecule has 0 bridgehead atoms. The first kappa shape index (κ1) is 18.8. The summed E-state index contributed by atoms with van der Waals surface area (Å²) in [6.07, 6.45) is 1.88. The van der Waals surface area contributed by atoms with E-state index in [0.29, 0.717) is 18.1 Å². The van der Waals surface area contributed by atoms with Gasteiger partial charge in [0, 0.05) is 11.9 Å². The summed E-state index contributed by atoms with van der Waals surface area (Å²) in [6.45, 7) is 4.63. The molecule has 0 aliphatic heterocycles. The van der Waals surface area contributed by atoms with E-state index in [1.807, 2.05) is 50.2 Å². The third-order valence-corrected chi connectivity index (χ3v) is 4.29. The molecule has 7 heteroatoms. The predicted molar refractivity (Wildman–Crippen MR) is 102 cm³/mol. The lowest BCUT2D eigenvalue weighted by atomic mass is 10.1. The van der Waals surface area contributed by atoms with Gasteiger partial charge in [-0.05, 0) is 25.5 Å². The number of aliphatic hydroxyl groups excluding tert-OH is 1. The average molecular weight is 368 g/mol. The Hall–Kier alpha value is -2.93. The second kappa shape index (κ2) is 8.64. The van der Waals surface area contributed by atoms with Crippen molar-refractivity contribution in [3.05, 3.63) is 53.9 Å². The second-order valence-corrected chi connectivity index (χ2v) is 6.27. The highest BCUT2D eigenvalue weighted by Crippen LogP contribution is 2.25. The van der Waals surface area contributed by atoms with Crippen LogP contribution in [0.5, 0.6) is 5.88 Å². The maximum atomic E-state index is 12.5. The van der Waals surface area contributed by atoms with Gasteiger partial charge in [0.25, 0.3) is 0 Å². The number of hydrogen-bond acceptors (Lipinski definition) is 5. The van der Waals surface area contributed by atoms with E-state index in [9.17, 15) is 4.79 Å². The monoisotopic (exact) mass is 368 g/mol. The number of nitrogens with zero attached hydrogens (tertiary/aromatic N) is 3. The third-order valence-electron chi connectivity index (χ3n) is 4.29. The zero-order valence-corrected chi connectivity index (χ0v) is 15.6. The van der Waals surface area contributed by atoms with Crippen LogP contribution in [0.25, 0.3) is 10.9 Å². The van der Waals surface area contributed by atoms with Crippen molar-refractivity contribution in [2.45, 2.75) is 32.9 Å². The fourth-order valence-corrected chi connectivity index (χ4v) is 2.99. The van der Waals surface area contributed by atoms with Gasteiger partial charge in [-0.25, -0.2) is 4.98 Å². The normalized spacial score (nSPS) is 12.1. The van der Waals surface area contributed by atoms with Crippen molar-refractivity contribution >= 4 is 16.8 Å². The summed E-state index contributed by atoms with van der Waals surface area (Å²) in [4.78, 5) is 17.0. The van der Waals surface area contributed by atoms with E-state index < -0.39 is 0 Å². The van der Waals surface area contributed by atoms with Crippen LogP contribution < -0.4 is 10.1 Å². The molecule has 3 rings (SSSR count). The first-order valence-electron chi connectivity index (χ1n) is 9.05. The number of aliphatic hydroxyl groups is 1. The molecule has 2 aromatic heterocycles. The van der Waals surface area contributed by atoms with E-state index in [-0.39, 0.29) is 31.6 Å². The Morgan fingerprint density at radius 1 is 1.33 bits per heavy atom. The zero-order valence-electron chi connectivity index (χ0n) is 15.6. The summed E-state index contributed by atoms with van der Waals surface area (Å²) in [7, 11) is 0. The van der Waals surface area contributed by atoms with Gasteiger partial charge in [-0.15, -0.1) is 0 Å². The first-order chi connectivity index (χ1) is 13.1. The highest BCUT2D eigenvalue weighted by molar-refractivity contribution is 5.85. The molecule has 7 nitrogen and oxygen atoms in total. The number of amides is 1. The molecule has 2 heterocycles. The summed E-state index contributed by atoms with van der Waals surface area (Å²) >= 11 is 0. The molecule has 1 aromatic carbocycles. The summed E-state index contributed by atoms with van der Waals surface area (Å²) in [6, 6.07) is 11.6. The average Bonchev–Trinajstić information content (AvgIpc) is 3.09. The van der Waals surface area contributed by atoms with Crippen LogP contribution >= 0.6 is 0 Å². The van der Waals surface area contributed by atoms with E-state index in [2.05, 4.69) is 15.4 Å². The number of carbonyl (C=O) groups excluding carboxylic acids is 1. The van der Waals surface area contributed by atoms with Gasteiger partial charge >= 0.3 is 0 Å². The van der Waals surface area contributed by atoms with Crippen LogP contribution in [0.2, 0.25) is 0 Å². The molecular weight excluding hydrogens is 344 g/mol. The SMILES string of the molecule is CCn1ncc2cc(CC(=O)N[C@H](C)c3ccccc3)nc(OCCO)c21. The van der Waals surface area contributed by atoms with E-state index in [0.717, 1.165) is 16.5 Å². The number of fused-ring (bicyclic) bond motifs is 1. The van der Waals surface area contributed by atoms with E-state index >= 15 is 0 Å².